The van der Waals surface area contributed by atoms with Gasteiger partial charge in [-0.1, -0.05) is 12.1 Å². The highest BCUT2D eigenvalue weighted by Crippen LogP contribution is 2.37. The third-order valence-corrected chi connectivity index (χ3v) is 5.84. The summed E-state index contributed by atoms with van der Waals surface area (Å²) in [5, 5.41) is 9.30. The number of ether oxygens (including phenoxy) is 2. The van der Waals surface area contributed by atoms with Gasteiger partial charge in [-0.2, -0.15) is 0 Å². The van der Waals surface area contributed by atoms with E-state index >= 15 is 0 Å². The number of fused-ring (bicyclic) bond motifs is 1. The van der Waals surface area contributed by atoms with Gasteiger partial charge in [0.15, 0.2) is 17.3 Å². The van der Waals surface area contributed by atoms with E-state index in [4.69, 9.17) is 9.47 Å². The molecule has 0 unspecified atom stereocenters. The molecular formula is C21H20N4O4S. The Kier molecular flexibility index (Phi) is 4.88. The summed E-state index contributed by atoms with van der Waals surface area (Å²) in [6.45, 7) is 0.851. The monoisotopic (exact) mass is 424 g/mol. The molecule has 0 bridgehead atoms. The fourth-order valence-electron chi connectivity index (χ4n) is 3.33. The molecule has 1 aliphatic heterocycles. The Morgan fingerprint density at radius 2 is 2.13 bits per heavy atom. The van der Waals surface area contributed by atoms with E-state index in [-0.39, 0.29) is 24.4 Å². The maximum atomic E-state index is 12.8. The first kappa shape index (κ1) is 18.7. The van der Waals surface area contributed by atoms with E-state index in [2.05, 4.69) is 10.4 Å². The van der Waals surface area contributed by atoms with Crippen LogP contribution in [0, 0.1) is 0 Å². The van der Waals surface area contributed by atoms with Crippen molar-refractivity contribution in [2.24, 2.45) is 0 Å². The number of hydrogen-bond donors (Lipinski definition) is 1. The maximum absolute atomic E-state index is 12.8. The number of aromatic nitrogens is 3. The van der Waals surface area contributed by atoms with Crippen LogP contribution in [0.1, 0.15) is 24.4 Å². The van der Waals surface area contributed by atoms with Crippen molar-refractivity contribution in [1.29, 1.82) is 0 Å². The highest BCUT2D eigenvalue weighted by Gasteiger charge is 2.30. The van der Waals surface area contributed by atoms with E-state index in [0.29, 0.717) is 30.4 Å². The fourth-order valence-corrected chi connectivity index (χ4v) is 4.04. The van der Waals surface area contributed by atoms with Crippen LogP contribution in [0.3, 0.4) is 0 Å². The largest absolute Gasteiger partial charge is 0.454 e. The second-order valence-corrected chi connectivity index (χ2v) is 8.09. The van der Waals surface area contributed by atoms with Gasteiger partial charge < -0.3 is 14.8 Å². The summed E-state index contributed by atoms with van der Waals surface area (Å²) in [4.78, 5) is 25.9. The summed E-state index contributed by atoms with van der Waals surface area (Å²) in [7, 11) is 0. The number of rotatable bonds is 7. The molecule has 1 amide bonds. The Bertz CT molecular complexity index is 1160. The SMILES string of the molecule is O=C(/C=C/c1ccc2c(c1)OCO2)NCCn1nc(-c2cccs2)n(C2CC2)c1=O. The van der Waals surface area contributed by atoms with Crippen molar-refractivity contribution in [3.8, 4) is 22.2 Å². The number of nitrogens with zero attached hydrogens (tertiary/aromatic N) is 3. The van der Waals surface area contributed by atoms with Crippen LogP contribution in [0.2, 0.25) is 0 Å². The van der Waals surface area contributed by atoms with E-state index in [1.54, 1.807) is 22.0 Å². The molecule has 3 aromatic rings. The summed E-state index contributed by atoms with van der Waals surface area (Å²) in [6.07, 6.45) is 5.18. The summed E-state index contributed by atoms with van der Waals surface area (Å²) in [5.74, 6) is 1.85. The van der Waals surface area contributed by atoms with Crippen LogP contribution in [0.15, 0.2) is 46.6 Å². The molecule has 1 saturated carbocycles. The van der Waals surface area contributed by atoms with E-state index < -0.39 is 0 Å². The molecule has 3 heterocycles. The van der Waals surface area contributed by atoms with Gasteiger partial charge in [-0.25, -0.2) is 9.48 Å². The Balaban J connectivity index is 1.21. The van der Waals surface area contributed by atoms with Gasteiger partial charge in [0.25, 0.3) is 0 Å². The third kappa shape index (κ3) is 3.76. The molecule has 0 spiro atoms. The zero-order chi connectivity index (χ0) is 20.5. The number of thiophene rings is 1. The zero-order valence-corrected chi connectivity index (χ0v) is 16.9. The highest BCUT2D eigenvalue weighted by atomic mass is 32.1. The van der Waals surface area contributed by atoms with Gasteiger partial charge in [-0.3, -0.25) is 9.36 Å². The number of carbonyl (C=O) groups excluding carboxylic acids is 1. The molecule has 2 aliphatic rings. The van der Waals surface area contributed by atoms with Crippen molar-refractivity contribution < 1.29 is 14.3 Å². The van der Waals surface area contributed by atoms with Gasteiger partial charge in [-0.05, 0) is 48.1 Å². The quantitative estimate of drug-likeness (QED) is 0.589. The van der Waals surface area contributed by atoms with Gasteiger partial charge in [0.05, 0.1) is 11.4 Å². The standard InChI is InChI=1S/C21H20N4O4S/c26-19(8-4-14-3-7-16-17(12-14)29-13-28-16)22-9-10-24-21(27)25(15-5-6-15)20(23-24)18-2-1-11-30-18/h1-4,7-8,11-12,15H,5-6,9-10,13H2,(H,22,26)/b8-4+. The molecule has 30 heavy (non-hydrogen) atoms. The van der Waals surface area contributed by atoms with Crippen molar-refractivity contribution in [3.05, 3.63) is 57.8 Å². The molecule has 8 nitrogen and oxygen atoms in total. The Morgan fingerprint density at radius 3 is 2.93 bits per heavy atom. The van der Waals surface area contributed by atoms with Crippen molar-refractivity contribution in [1.82, 2.24) is 19.7 Å². The van der Waals surface area contributed by atoms with Crippen LogP contribution < -0.4 is 20.5 Å². The minimum atomic E-state index is -0.235. The van der Waals surface area contributed by atoms with Gasteiger partial charge in [0, 0.05) is 18.7 Å². The molecule has 0 atom stereocenters. The van der Waals surface area contributed by atoms with Crippen LogP contribution in [0.4, 0.5) is 0 Å². The zero-order valence-electron chi connectivity index (χ0n) is 16.1. The van der Waals surface area contributed by atoms with Crippen LogP contribution in [0.5, 0.6) is 11.5 Å². The summed E-state index contributed by atoms with van der Waals surface area (Å²) >= 11 is 1.57. The van der Waals surface area contributed by atoms with Gasteiger partial charge in [0.1, 0.15) is 0 Å². The third-order valence-electron chi connectivity index (χ3n) is 4.97. The second-order valence-electron chi connectivity index (χ2n) is 7.14. The van der Waals surface area contributed by atoms with E-state index in [1.807, 2.05) is 35.7 Å². The lowest BCUT2D eigenvalue weighted by Gasteiger charge is -2.02. The Labute approximate surface area is 176 Å². The second kappa shape index (κ2) is 7.83. The molecule has 154 valence electrons. The first-order chi connectivity index (χ1) is 14.7. The Hall–Kier alpha value is -3.33. The summed E-state index contributed by atoms with van der Waals surface area (Å²) < 4.78 is 13.8. The molecule has 9 heteroatoms. The summed E-state index contributed by atoms with van der Waals surface area (Å²) in [6, 6.07) is 9.65. The molecule has 0 radical (unpaired) electrons. The number of amides is 1. The average molecular weight is 424 g/mol. The first-order valence-electron chi connectivity index (χ1n) is 9.78. The van der Waals surface area contributed by atoms with Crippen molar-refractivity contribution in [2.75, 3.05) is 13.3 Å². The van der Waals surface area contributed by atoms with Crippen LogP contribution in [-0.4, -0.2) is 33.6 Å². The molecule has 1 N–H and O–H groups in total. The number of nitrogens with one attached hydrogen (secondary N) is 1. The van der Waals surface area contributed by atoms with Crippen molar-refractivity contribution in [3.63, 3.8) is 0 Å². The average Bonchev–Trinajstić information content (AvgIpc) is 3.15. The van der Waals surface area contributed by atoms with E-state index in [0.717, 1.165) is 23.3 Å². The van der Waals surface area contributed by atoms with Gasteiger partial charge >= 0.3 is 5.69 Å². The molecule has 5 rings (SSSR count). The Morgan fingerprint density at radius 1 is 1.27 bits per heavy atom. The molecule has 1 aliphatic carbocycles. The lowest BCUT2D eigenvalue weighted by atomic mass is 10.2. The molecular weight excluding hydrogens is 404 g/mol. The van der Waals surface area contributed by atoms with Crippen molar-refractivity contribution in [2.45, 2.75) is 25.4 Å². The van der Waals surface area contributed by atoms with E-state index in [1.165, 1.54) is 10.8 Å². The van der Waals surface area contributed by atoms with Crippen molar-refractivity contribution >= 4 is 23.3 Å². The highest BCUT2D eigenvalue weighted by molar-refractivity contribution is 7.13. The topological polar surface area (TPSA) is 87.4 Å². The smallest absolute Gasteiger partial charge is 0.346 e. The lowest BCUT2D eigenvalue weighted by molar-refractivity contribution is -0.116. The van der Waals surface area contributed by atoms with Crippen LogP contribution in [0.25, 0.3) is 16.8 Å². The lowest BCUT2D eigenvalue weighted by Crippen LogP contribution is -2.31. The number of hydrogen-bond acceptors (Lipinski definition) is 6. The minimum Gasteiger partial charge on any atom is -0.454 e. The number of benzene rings is 1. The predicted octanol–water partition coefficient (Wildman–Crippen LogP) is 2.67. The normalized spacial score (nSPS) is 15.1. The van der Waals surface area contributed by atoms with Gasteiger partial charge in [-0.15, -0.1) is 16.4 Å². The maximum Gasteiger partial charge on any atom is 0.346 e. The molecule has 1 fully saturated rings. The first-order valence-corrected chi connectivity index (χ1v) is 10.7. The minimum absolute atomic E-state index is 0.119. The molecule has 2 aromatic heterocycles. The molecule has 0 saturated heterocycles. The molecule has 1 aromatic carbocycles. The van der Waals surface area contributed by atoms with E-state index in [9.17, 15) is 9.59 Å². The van der Waals surface area contributed by atoms with Gasteiger partial charge in [0.2, 0.25) is 12.7 Å². The summed E-state index contributed by atoms with van der Waals surface area (Å²) in [5.41, 5.74) is 0.723. The number of carbonyl (C=O) groups is 1. The fraction of sp³-hybridized carbons (Fsp3) is 0.286. The van der Waals surface area contributed by atoms with Crippen LogP contribution >= 0.6 is 11.3 Å². The predicted molar refractivity (Wildman–Crippen MR) is 113 cm³/mol. The van der Waals surface area contributed by atoms with Crippen LogP contribution in [-0.2, 0) is 11.3 Å².